The van der Waals surface area contributed by atoms with Gasteiger partial charge in [0.2, 0.25) is 17.7 Å². The summed E-state index contributed by atoms with van der Waals surface area (Å²) in [4.78, 5) is 42.3. The molecule has 1 aromatic carbocycles. The van der Waals surface area contributed by atoms with Crippen LogP contribution in [0.2, 0.25) is 0 Å². The highest BCUT2D eigenvalue weighted by molar-refractivity contribution is 5.79. The number of hydrogen-bond acceptors (Lipinski definition) is 6. The van der Waals surface area contributed by atoms with Crippen molar-refractivity contribution >= 4 is 23.8 Å². The zero-order valence-corrected chi connectivity index (χ0v) is 24.3. The summed E-state index contributed by atoms with van der Waals surface area (Å²) < 4.78 is 0. The fraction of sp³-hybridized carbons (Fsp3) is 0.516. The Bertz CT molecular complexity index is 1030. The fourth-order valence-corrected chi connectivity index (χ4v) is 4.71. The van der Waals surface area contributed by atoms with Crippen LogP contribution in [0.4, 0.5) is 0 Å². The van der Waals surface area contributed by atoms with Crippen LogP contribution in [0.25, 0.3) is 6.08 Å². The van der Waals surface area contributed by atoms with Gasteiger partial charge in [0.05, 0.1) is 6.54 Å². The average molecular weight is 553 g/mol. The first-order chi connectivity index (χ1) is 19.3. The van der Waals surface area contributed by atoms with Gasteiger partial charge in [0, 0.05) is 70.8 Å². The van der Waals surface area contributed by atoms with E-state index < -0.39 is 0 Å². The number of carbonyl (C=O) groups excluding carboxylic acids is 3. The molecule has 0 heterocycles. The van der Waals surface area contributed by atoms with Crippen molar-refractivity contribution in [1.82, 2.24) is 20.4 Å². The van der Waals surface area contributed by atoms with E-state index in [1.165, 1.54) is 5.57 Å². The van der Waals surface area contributed by atoms with Gasteiger partial charge in [-0.05, 0) is 35.5 Å². The maximum Gasteiger partial charge on any atom is 0.228 e. The van der Waals surface area contributed by atoms with E-state index in [1.807, 2.05) is 40.1 Å². The van der Waals surface area contributed by atoms with E-state index in [2.05, 4.69) is 43.2 Å². The molecule has 0 bridgehead atoms. The molecule has 2 rings (SSSR count). The summed E-state index contributed by atoms with van der Waals surface area (Å²) in [5.41, 5.74) is 15.3. The van der Waals surface area contributed by atoms with Crippen LogP contribution >= 0.6 is 0 Å². The van der Waals surface area contributed by atoms with Crippen LogP contribution in [0.1, 0.15) is 57.1 Å². The molecule has 0 aromatic heterocycles. The molecule has 0 saturated heterocycles. The Kier molecular flexibility index (Phi) is 14.9. The van der Waals surface area contributed by atoms with Crippen molar-refractivity contribution < 1.29 is 14.4 Å². The number of benzene rings is 1. The van der Waals surface area contributed by atoms with Gasteiger partial charge in [-0.15, -0.1) is 0 Å². The molecule has 0 spiro atoms. The molecule has 0 aliphatic heterocycles. The lowest BCUT2D eigenvalue weighted by Gasteiger charge is -2.32. The summed E-state index contributed by atoms with van der Waals surface area (Å²) in [6.07, 6.45) is 8.62. The second kappa shape index (κ2) is 18.1. The normalized spacial score (nSPS) is 14.8. The molecule has 9 nitrogen and oxygen atoms in total. The number of nitrogens with zero attached hydrogens (tertiary/aromatic N) is 2. The summed E-state index contributed by atoms with van der Waals surface area (Å²) in [6, 6.07) is 8.01. The Balaban J connectivity index is 2.22. The van der Waals surface area contributed by atoms with Crippen molar-refractivity contribution in [2.45, 2.75) is 52.5 Å². The Labute approximate surface area is 239 Å². The minimum Gasteiger partial charge on any atom is -0.355 e. The molecule has 40 heavy (non-hydrogen) atoms. The third-order valence-corrected chi connectivity index (χ3v) is 7.01. The van der Waals surface area contributed by atoms with Gasteiger partial charge in [-0.1, -0.05) is 62.9 Å². The Morgan fingerprint density at radius 1 is 1.00 bits per heavy atom. The lowest BCUT2D eigenvalue weighted by Crippen LogP contribution is -2.39. The predicted molar refractivity (Wildman–Crippen MR) is 162 cm³/mol. The van der Waals surface area contributed by atoms with Crippen LogP contribution in [0.5, 0.6) is 0 Å². The minimum absolute atomic E-state index is 0.0208. The molecule has 1 unspecified atom stereocenters. The van der Waals surface area contributed by atoms with Gasteiger partial charge < -0.3 is 31.9 Å². The highest BCUT2D eigenvalue weighted by Crippen LogP contribution is 2.30. The standard InChI is InChI=1S/C31H48N6O3/c1-4-25-8-6-7-9-27(25)23-37(28-22-24(3)10-11-26(28)5-2)31(40)14-21-36(19-12-29(38)34-17-15-32)20-13-30(39)35-18-16-33/h4,6-11,24H,1,5,12-23,32-33H2,2-3H3,(H,34,38)(H,35,39). The van der Waals surface area contributed by atoms with E-state index in [0.717, 1.165) is 29.7 Å². The van der Waals surface area contributed by atoms with Gasteiger partial charge in [0.1, 0.15) is 0 Å². The first-order valence-electron chi connectivity index (χ1n) is 14.4. The molecule has 220 valence electrons. The molecule has 1 aromatic rings. The number of nitrogens with one attached hydrogen (secondary N) is 2. The van der Waals surface area contributed by atoms with Gasteiger partial charge in [0.25, 0.3) is 0 Å². The van der Waals surface area contributed by atoms with Crippen molar-refractivity contribution in [3.63, 3.8) is 0 Å². The summed E-state index contributed by atoms with van der Waals surface area (Å²) in [7, 11) is 0. The lowest BCUT2D eigenvalue weighted by molar-refractivity contribution is -0.130. The van der Waals surface area contributed by atoms with E-state index in [-0.39, 0.29) is 37.0 Å². The van der Waals surface area contributed by atoms with Crippen LogP contribution in [0, 0.1) is 5.92 Å². The van der Waals surface area contributed by atoms with Gasteiger partial charge in [0.15, 0.2) is 0 Å². The summed E-state index contributed by atoms with van der Waals surface area (Å²) >= 11 is 0. The number of amides is 3. The maximum atomic E-state index is 13.9. The number of allylic oxidation sites excluding steroid dienone is 4. The second-order valence-corrected chi connectivity index (χ2v) is 10.1. The molecule has 9 heteroatoms. The molecule has 0 fully saturated rings. The SMILES string of the molecule is C=Cc1ccccc1CN(C(=O)CCN(CCC(=O)NCCN)CCC(=O)NCCN)C1=C(CC)C=CC(C)C1. The number of nitrogens with two attached hydrogens (primary N) is 2. The Morgan fingerprint density at radius 3 is 2.17 bits per heavy atom. The zero-order valence-electron chi connectivity index (χ0n) is 24.3. The Hall–Kier alpha value is -3.27. The van der Waals surface area contributed by atoms with Crippen molar-refractivity contribution in [3.8, 4) is 0 Å². The lowest BCUT2D eigenvalue weighted by atomic mass is 9.92. The monoisotopic (exact) mass is 552 g/mol. The summed E-state index contributed by atoms with van der Waals surface area (Å²) in [5.74, 6) is 0.161. The molecule has 6 N–H and O–H groups in total. The zero-order chi connectivity index (χ0) is 29.3. The van der Waals surface area contributed by atoms with E-state index in [0.29, 0.717) is 58.3 Å². The van der Waals surface area contributed by atoms with E-state index in [4.69, 9.17) is 11.5 Å². The number of rotatable bonds is 18. The van der Waals surface area contributed by atoms with Crippen molar-refractivity contribution in [2.24, 2.45) is 17.4 Å². The number of hydrogen-bond donors (Lipinski definition) is 4. The predicted octanol–water partition coefficient (Wildman–Crippen LogP) is 2.54. The van der Waals surface area contributed by atoms with Gasteiger partial charge in [-0.2, -0.15) is 0 Å². The highest BCUT2D eigenvalue weighted by atomic mass is 16.2. The van der Waals surface area contributed by atoms with Crippen molar-refractivity contribution in [3.05, 3.63) is 65.4 Å². The van der Waals surface area contributed by atoms with Crippen LogP contribution in [-0.4, -0.2) is 73.3 Å². The van der Waals surface area contributed by atoms with Crippen LogP contribution in [-0.2, 0) is 20.9 Å². The van der Waals surface area contributed by atoms with E-state index in [9.17, 15) is 14.4 Å². The third kappa shape index (κ3) is 11.1. The van der Waals surface area contributed by atoms with Crippen LogP contribution in [0.15, 0.2) is 54.3 Å². The van der Waals surface area contributed by atoms with Crippen molar-refractivity contribution in [2.75, 3.05) is 45.8 Å². The molecule has 3 amide bonds. The largest absolute Gasteiger partial charge is 0.355 e. The van der Waals surface area contributed by atoms with Gasteiger partial charge >= 0.3 is 0 Å². The van der Waals surface area contributed by atoms with E-state index >= 15 is 0 Å². The van der Waals surface area contributed by atoms with Crippen LogP contribution < -0.4 is 22.1 Å². The third-order valence-electron chi connectivity index (χ3n) is 7.01. The molecule has 0 radical (unpaired) electrons. The molecule has 0 saturated carbocycles. The molecule has 1 aliphatic carbocycles. The molecular formula is C31H48N6O3. The first-order valence-corrected chi connectivity index (χ1v) is 14.4. The summed E-state index contributed by atoms with van der Waals surface area (Å²) in [5, 5.41) is 5.56. The molecule has 1 atom stereocenters. The second-order valence-electron chi connectivity index (χ2n) is 10.1. The summed E-state index contributed by atoms with van der Waals surface area (Å²) in [6.45, 7) is 11.6. The molecule has 1 aliphatic rings. The first kappa shape index (κ1) is 32.9. The minimum atomic E-state index is -0.0993. The molecular weight excluding hydrogens is 504 g/mol. The smallest absolute Gasteiger partial charge is 0.228 e. The van der Waals surface area contributed by atoms with Crippen molar-refractivity contribution in [1.29, 1.82) is 0 Å². The topological polar surface area (TPSA) is 134 Å². The van der Waals surface area contributed by atoms with Gasteiger partial charge in [-0.3, -0.25) is 14.4 Å². The Morgan fingerprint density at radius 2 is 1.60 bits per heavy atom. The number of carbonyl (C=O) groups is 3. The average Bonchev–Trinajstić information content (AvgIpc) is 2.97. The van der Waals surface area contributed by atoms with Gasteiger partial charge in [-0.25, -0.2) is 0 Å². The van der Waals surface area contributed by atoms with Crippen LogP contribution in [0.3, 0.4) is 0 Å². The van der Waals surface area contributed by atoms with E-state index in [1.54, 1.807) is 0 Å². The quantitative estimate of drug-likeness (QED) is 0.221. The maximum absolute atomic E-state index is 13.9. The fourth-order valence-electron chi connectivity index (χ4n) is 4.71. The highest BCUT2D eigenvalue weighted by Gasteiger charge is 2.25.